The minimum Gasteiger partial charge on any atom is -0.444 e. The number of benzene rings is 1. The highest BCUT2D eigenvalue weighted by molar-refractivity contribution is 5.90. The van der Waals surface area contributed by atoms with Gasteiger partial charge in [-0.2, -0.15) is 0 Å². The van der Waals surface area contributed by atoms with Gasteiger partial charge in [-0.25, -0.2) is 9.18 Å². The van der Waals surface area contributed by atoms with Crippen LogP contribution >= 0.6 is 0 Å². The van der Waals surface area contributed by atoms with Crippen LogP contribution in [0.4, 0.5) is 14.9 Å². The van der Waals surface area contributed by atoms with Crippen molar-refractivity contribution in [3.63, 3.8) is 0 Å². The molecule has 104 valence electrons. The first-order valence-corrected chi connectivity index (χ1v) is 5.90. The maximum atomic E-state index is 13.6. The molecule has 1 N–H and O–H groups in total. The fourth-order valence-corrected chi connectivity index (χ4v) is 1.61. The molecule has 0 heterocycles. The Morgan fingerprint density at radius 2 is 1.89 bits per heavy atom. The molecule has 0 aliphatic heterocycles. The number of anilines is 1. The number of nitrogens with one attached hydrogen (secondary N) is 1. The standard InChI is InChI=1S/C14H18FNO3/c1-8-10(7-17)6-11(15)9(2)12(8)16-13(18)19-14(3,4)5/h6-7H,1-5H3,(H,16,18). The highest BCUT2D eigenvalue weighted by atomic mass is 19.1. The summed E-state index contributed by atoms with van der Waals surface area (Å²) in [7, 11) is 0. The van der Waals surface area contributed by atoms with Crippen LogP contribution in [0.1, 0.15) is 42.3 Å². The summed E-state index contributed by atoms with van der Waals surface area (Å²) in [6.07, 6.45) is -0.126. The molecule has 0 spiro atoms. The van der Waals surface area contributed by atoms with Gasteiger partial charge in [0.1, 0.15) is 17.7 Å². The Kier molecular flexibility index (Phi) is 4.29. The topological polar surface area (TPSA) is 55.4 Å². The number of carbonyl (C=O) groups is 2. The first kappa shape index (κ1) is 15.1. The van der Waals surface area contributed by atoms with Crippen molar-refractivity contribution < 1.29 is 18.7 Å². The third kappa shape index (κ3) is 3.77. The lowest BCUT2D eigenvalue weighted by Crippen LogP contribution is -2.28. The molecule has 0 aliphatic carbocycles. The van der Waals surface area contributed by atoms with Crippen LogP contribution in [-0.2, 0) is 4.74 Å². The van der Waals surface area contributed by atoms with Crippen molar-refractivity contribution in [1.29, 1.82) is 0 Å². The van der Waals surface area contributed by atoms with Crippen LogP contribution in [-0.4, -0.2) is 18.0 Å². The zero-order valence-electron chi connectivity index (χ0n) is 11.8. The summed E-state index contributed by atoms with van der Waals surface area (Å²) in [6.45, 7) is 8.37. The summed E-state index contributed by atoms with van der Waals surface area (Å²) in [5.74, 6) is -0.543. The van der Waals surface area contributed by atoms with Gasteiger partial charge in [0.05, 0.1) is 5.69 Å². The molecule has 0 bridgehead atoms. The van der Waals surface area contributed by atoms with Crippen molar-refractivity contribution in [3.05, 3.63) is 28.6 Å². The number of aldehydes is 1. The van der Waals surface area contributed by atoms with E-state index in [1.165, 1.54) is 6.92 Å². The van der Waals surface area contributed by atoms with Crippen molar-refractivity contribution in [3.8, 4) is 0 Å². The summed E-state index contributed by atoms with van der Waals surface area (Å²) >= 11 is 0. The number of amides is 1. The van der Waals surface area contributed by atoms with E-state index in [0.717, 1.165) is 6.07 Å². The third-order valence-corrected chi connectivity index (χ3v) is 2.58. The highest BCUT2D eigenvalue weighted by Gasteiger charge is 2.19. The number of hydrogen-bond acceptors (Lipinski definition) is 3. The summed E-state index contributed by atoms with van der Waals surface area (Å²) in [5.41, 5.74) is 0.617. The van der Waals surface area contributed by atoms with Gasteiger partial charge in [-0.15, -0.1) is 0 Å². The van der Waals surface area contributed by atoms with E-state index in [-0.39, 0.29) is 16.8 Å². The number of ether oxygens (including phenoxy) is 1. The van der Waals surface area contributed by atoms with Gasteiger partial charge in [-0.1, -0.05) is 0 Å². The van der Waals surface area contributed by atoms with Crippen molar-refractivity contribution in [2.75, 3.05) is 5.32 Å². The number of hydrogen-bond donors (Lipinski definition) is 1. The lowest BCUT2D eigenvalue weighted by Gasteiger charge is -2.21. The predicted molar refractivity (Wildman–Crippen MR) is 71.1 cm³/mol. The molecular weight excluding hydrogens is 249 g/mol. The highest BCUT2D eigenvalue weighted by Crippen LogP contribution is 2.26. The fraction of sp³-hybridized carbons (Fsp3) is 0.429. The Balaban J connectivity index is 3.10. The zero-order valence-corrected chi connectivity index (χ0v) is 11.8. The van der Waals surface area contributed by atoms with Crippen LogP contribution in [0.5, 0.6) is 0 Å². The normalized spacial score (nSPS) is 11.1. The summed E-state index contributed by atoms with van der Waals surface area (Å²) < 4.78 is 18.7. The maximum absolute atomic E-state index is 13.6. The van der Waals surface area contributed by atoms with E-state index in [4.69, 9.17) is 4.74 Å². The van der Waals surface area contributed by atoms with Crippen molar-refractivity contribution in [2.45, 2.75) is 40.2 Å². The van der Waals surface area contributed by atoms with Crippen LogP contribution in [0.2, 0.25) is 0 Å². The molecule has 0 aromatic heterocycles. The van der Waals surface area contributed by atoms with E-state index in [2.05, 4.69) is 5.32 Å². The molecule has 0 fully saturated rings. The summed E-state index contributed by atoms with van der Waals surface area (Å²) in [4.78, 5) is 22.5. The zero-order chi connectivity index (χ0) is 14.8. The van der Waals surface area contributed by atoms with E-state index < -0.39 is 17.5 Å². The van der Waals surface area contributed by atoms with Crippen LogP contribution in [0.25, 0.3) is 0 Å². The average Bonchev–Trinajstić information content (AvgIpc) is 2.27. The smallest absolute Gasteiger partial charge is 0.412 e. The molecule has 5 heteroatoms. The van der Waals surface area contributed by atoms with Crippen LogP contribution in [0.3, 0.4) is 0 Å². The lowest BCUT2D eigenvalue weighted by molar-refractivity contribution is 0.0635. The Hall–Kier alpha value is -1.91. The van der Waals surface area contributed by atoms with Gasteiger partial charge < -0.3 is 4.74 Å². The van der Waals surface area contributed by atoms with E-state index in [9.17, 15) is 14.0 Å². The average molecular weight is 267 g/mol. The predicted octanol–water partition coefficient (Wildman–Crippen LogP) is 3.60. The van der Waals surface area contributed by atoms with E-state index in [0.29, 0.717) is 11.8 Å². The quantitative estimate of drug-likeness (QED) is 0.833. The number of halogens is 1. The van der Waals surface area contributed by atoms with Crippen molar-refractivity contribution in [1.82, 2.24) is 0 Å². The molecule has 0 unspecified atom stereocenters. The Bertz CT molecular complexity index is 518. The molecule has 0 aliphatic rings. The van der Waals surface area contributed by atoms with E-state index >= 15 is 0 Å². The molecule has 0 saturated carbocycles. The van der Waals surface area contributed by atoms with Gasteiger partial charge in [-0.05, 0) is 46.2 Å². The molecular formula is C14H18FNO3. The van der Waals surface area contributed by atoms with E-state index in [1.807, 2.05) is 0 Å². The van der Waals surface area contributed by atoms with Gasteiger partial charge in [0.25, 0.3) is 0 Å². The van der Waals surface area contributed by atoms with Crippen LogP contribution in [0.15, 0.2) is 6.07 Å². The summed E-state index contributed by atoms with van der Waals surface area (Å²) in [5, 5.41) is 2.49. The molecule has 1 aromatic carbocycles. The molecule has 4 nitrogen and oxygen atoms in total. The Labute approximate surface area is 112 Å². The minimum absolute atomic E-state index is 0.203. The second-order valence-electron chi connectivity index (χ2n) is 5.32. The van der Waals surface area contributed by atoms with Crippen molar-refractivity contribution in [2.24, 2.45) is 0 Å². The maximum Gasteiger partial charge on any atom is 0.412 e. The van der Waals surface area contributed by atoms with E-state index in [1.54, 1.807) is 27.7 Å². The first-order valence-electron chi connectivity index (χ1n) is 5.90. The Morgan fingerprint density at radius 3 is 2.37 bits per heavy atom. The van der Waals surface area contributed by atoms with Gasteiger partial charge in [0.15, 0.2) is 0 Å². The fourth-order valence-electron chi connectivity index (χ4n) is 1.61. The largest absolute Gasteiger partial charge is 0.444 e. The second kappa shape index (κ2) is 5.38. The Morgan fingerprint density at radius 1 is 1.32 bits per heavy atom. The minimum atomic E-state index is -0.679. The molecule has 1 rings (SSSR count). The lowest BCUT2D eigenvalue weighted by atomic mass is 10.0. The first-order chi connectivity index (χ1) is 8.65. The molecule has 0 saturated heterocycles. The molecule has 19 heavy (non-hydrogen) atoms. The molecule has 0 radical (unpaired) electrons. The monoisotopic (exact) mass is 267 g/mol. The summed E-state index contributed by atoms with van der Waals surface area (Å²) in [6, 6.07) is 1.15. The second-order valence-corrected chi connectivity index (χ2v) is 5.32. The van der Waals surface area contributed by atoms with Crippen LogP contribution in [0, 0.1) is 19.7 Å². The molecule has 0 atom stereocenters. The van der Waals surface area contributed by atoms with Gasteiger partial charge >= 0.3 is 6.09 Å². The van der Waals surface area contributed by atoms with Gasteiger partial charge in [0, 0.05) is 11.1 Å². The van der Waals surface area contributed by atoms with Crippen molar-refractivity contribution >= 4 is 18.1 Å². The third-order valence-electron chi connectivity index (χ3n) is 2.58. The molecule has 1 amide bonds. The van der Waals surface area contributed by atoms with Gasteiger partial charge in [-0.3, -0.25) is 10.1 Å². The number of rotatable bonds is 2. The van der Waals surface area contributed by atoms with Gasteiger partial charge in [0.2, 0.25) is 0 Å². The molecule has 1 aromatic rings. The number of carbonyl (C=O) groups excluding carboxylic acids is 2. The SMILES string of the molecule is Cc1c(F)cc(C=O)c(C)c1NC(=O)OC(C)(C)C. The van der Waals surface area contributed by atoms with Crippen LogP contribution < -0.4 is 5.32 Å².